The summed E-state index contributed by atoms with van der Waals surface area (Å²) in [5.41, 5.74) is 2.49. The van der Waals surface area contributed by atoms with E-state index in [1.165, 1.54) is 22.5 Å². The fourth-order valence-electron chi connectivity index (χ4n) is 2.21. The molecule has 0 aliphatic rings. The number of aromatic nitrogens is 2. The zero-order chi connectivity index (χ0) is 17.9. The van der Waals surface area contributed by atoms with Gasteiger partial charge in [-0.1, -0.05) is 26.7 Å². The molecule has 0 aliphatic heterocycles. The number of halogens is 1. The number of hydrogen-bond donors (Lipinski definition) is 2. The Morgan fingerprint density at radius 3 is 2.42 bits per heavy atom. The molecule has 0 spiro atoms. The van der Waals surface area contributed by atoms with Crippen LogP contribution in [0, 0.1) is 5.82 Å². The quantitative estimate of drug-likeness (QED) is 0.636. The van der Waals surface area contributed by atoms with Gasteiger partial charge in [0.05, 0.1) is 11.4 Å². The highest BCUT2D eigenvalue weighted by Gasteiger charge is 2.18. The number of hydrogen-bond acceptors (Lipinski definition) is 5. The van der Waals surface area contributed by atoms with Crippen LogP contribution in [0.25, 0.3) is 17.3 Å². The molecule has 0 saturated carbocycles. The van der Waals surface area contributed by atoms with Crippen LogP contribution in [0.3, 0.4) is 0 Å². The molecule has 7 heteroatoms. The van der Waals surface area contributed by atoms with Gasteiger partial charge in [0.2, 0.25) is 5.95 Å². The minimum absolute atomic E-state index is 0.0349. The van der Waals surface area contributed by atoms with Gasteiger partial charge < -0.3 is 5.11 Å². The Balaban J connectivity index is 2.76. The van der Waals surface area contributed by atoms with Gasteiger partial charge in [-0.2, -0.15) is 0 Å². The first kappa shape index (κ1) is 17.9. The van der Waals surface area contributed by atoms with Crippen LogP contribution in [0.5, 0.6) is 0 Å². The minimum atomic E-state index is -1.06. The van der Waals surface area contributed by atoms with Crippen LogP contribution in [-0.4, -0.2) is 28.1 Å². The highest BCUT2D eigenvalue weighted by atomic mass is 32.1. The molecule has 2 aromatic rings. The maximum Gasteiger partial charge on any atom is 0.328 e. The average Bonchev–Trinajstić information content (AvgIpc) is 2.52. The van der Waals surface area contributed by atoms with Gasteiger partial charge in [-0.3, -0.25) is 4.31 Å². The summed E-state index contributed by atoms with van der Waals surface area (Å²) in [6, 6.07) is 5.87. The molecule has 24 heavy (non-hydrogen) atoms. The van der Waals surface area contributed by atoms with Crippen LogP contribution in [0.15, 0.2) is 30.3 Å². The fourth-order valence-corrected chi connectivity index (χ4v) is 2.30. The van der Waals surface area contributed by atoms with Gasteiger partial charge >= 0.3 is 5.97 Å². The molecule has 2 rings (SSSR count). The second kappa shape index (κ2) is 7.44. The number of benzene rings is 1. The first-order valence-corrected chi connectivity index (χ1v) is 7.71. The molecule has 1 aromatic carbocycles. The van der Waals surface area contributed by atoms with Gasteiger partial charge in [-0.15, -0.1) is 0 Å². The van der Waals surface area contributed by atoms with Crippen molar-refractivity contribution < 1.29 is 14.3 Å². The number of carboxylic acid groups (broad SMARTS) is 1. The molecule has 1 heterocycles. The van der Waals surface area contributed by atoms with Crippen LogP contribution >= 0.6 is 12.8 Å². The summed E-state index contributed by atoms with van der Waals surface area (Å²) in [5.74, 6) is -1.00. The Bertz CT molecular complexity index is 774. The third kappa shape index (κ3) is 4.11. The predicted molar refractivity (Wildman–Crippen MR) is 95.6 cm³/mol. The van der Waals surface area contributed by atoms with E-state index < -0.39 is 5.97 Å². The molecule has 0 fully saturated rings. The van der Waals surface area contributed by atoms with Crippen LogP contribution in [0.2, 0.25) is 0 Å². The maximum absolute atomic E-state index is 13.2. The van der Waals surface area contributed by atoms with Crippen molar-refractivity contribution in [3.05, 3.63) is 47.4 Å². The lowest BCUT2D eigenvalue weighted by Gasteiger charge is -2.18. The Morgan fingerprint density at radius 2 is 1.92 bits per heavy atom. The zero-order valence-corrected chi connectivity index (χ0v) is 14.5. The summed E-state index contributed by atoms with van der Waals surface area (Å²) in [5, 5.41) is 8.95. The molecule has 1 N–H and O–H groups in total. The Morgan fingerprint density at radius 1 is 1.29 bits per heavy atom. The second-order valence-electron chi connectivity index (χ2n) is 5.53. The second-order valence-corrected chi connectivity index (χ2v) is 6.13. The molecular formula is C17H18FN3O2S. The third-order valence-electron chi connectivity index (χ3n) is 3.31. The molecule has 126 valence electrons. The number of carbonyl (C=O) groups is 1. The lowest BCUT2D eigenvalue weighted by atomic mass is 9.98. The molecule has 5 nitrogen and oxygen atoms in total. The summed E-state index contributed by atoms with van der Waals surface area (Å²) in [7, 11) is 1.70. The van der Waals surface area contributed by atoms with E-state index in [9.17, 15) is 9.18 Å². The largest absolute Gasteiger partial charge is 0.478 e. The fraction of sp³-hybridized carbons (Fsp3) is 0.235. The lowest BCUT2D eigenvalue weighted by molar-refractivity contribution is -0.131. The van der Waals surface area contributed by atoms with Crippen molar-refractivity contribution in [3.63, 3.8) is 0 Å². The third-order valence-corrected chi connectivity index (χ3v) is 3.49. The number of rotatable bonds is 5. The summed E-state index contributed by atoms with van der Waals surface area (Å²) in [6.07, 6.45) is 2.51. The molecule has 0 bridgehead atoms. The van der Waals surface area contributed by atoms with Crippen molar-refractivity contribution >= 4 is 30.8 Å². The van der Waals surface area contributed by atoms with Gasteiger partial charge in [0.25, 0.3) is 0 Å². The summed E-state index contributed by atoms with van der Waals surface area (Å²) >= 11 is 4.23. The van der Waals surface area contributed by atoms with Crippen LogP contribution in [-0.2, 0) is 4.79 Å². The van der Waals surface area contributed by atoms with Crippen molar-refractivity contribution in [2.75, 3.05) is 11.4 Å². The topological polar surface area (TPSA) is 66.3 Å². The minimum Gasteiger partial charge on any atom is -0.478 e. The summed E-state index contributed by atoms with van der Waals surface area (Å²) in [4.78, 5) is 19.9. The summed E-state index contributed by atoms with van der Waals surface area (Å²) < 4.78 is 14.7. The van der Waals surface area contributed by atoms with Crippen LogP contribution in [0.1, 0.15) is 31.0 Å². The van der Waals surface area contributed by atoms with Crippen molar-refractivity contribution in [2.45, 2.75) is 19.8 Å². The normalized spacial score (nSPS) is 11.2. The number of aliphatic carboxylic acids is 1. The van der Waals surface area contributed by atoms with E-state index in [1.807, 2.05) is 13.8 Å². The average molecular weight is 347 g/mol. The lowest BCUT2D eigenvalue weighted by Crippen LogP contribution is -2.11. The van der Waals surface area contributed by atoms with Gasteiger partial charge in [0.15, 0.2) is 0 Å². The monoisotopic (exact) mass is 347 g/mol. The van der Waals surface area contributed by atoms with Crippen molar-refractivity contribution in [3.8, 4) is 11.3 Å². The van der Waals surface area contributed by atoms with E-state index in [1.54, 1.807) is 19.2 Å². The first-order valence-electron chi connectivity index (χ1n) is 7.31. The molecular weight excluding hydrogens is 329 g/mol. The summed E-state index contributed by atoms with van der Waals surface area (Å²) in [6.45, 7) is 3.91. The Hall–Kier alpha value is -2.41. The zero-order valence-electron chi connectivity index (χ0n) is 13.6. The van der Waals surface area contributed by atoms with E-state index >= 15 is 0 Å². The Kier molecular flexibility index (Phi) is 5.56. The highest BCUT2D eigenvalue weighted by Crippen LogP contribution is 2.31. The molecule has 0 amide bonds. The van der Waals surface area contributed by atoms with E-state index in [0.717, 1.165) is 6.08 Å². The standard InChI is InChI=1S/C17H18FN3O2S/c1-10(2)15-13(8-9-14(22)23)16(20-17(19-15)21(3)24)11-4-6-12(18)7-5-11/h4-10,24H,1-3H3,(H,22,23)/b9-8+. The number of carboxylic acids is 1. The number of anilines is 1. The van der Waals surface area contributed by atoms with Crippen LogP contribution < -0.4 is 4.31 Å². The molecule has 0 aliphatic carbocycles. The number of nitrogens with zero attached hydrogens (tertiary/aromatic N) is 3. The van der Waals surface area contributed by atoms with Gasteiger partial charge in [0, 0.05) is 24.3 Å². The first-order chi connectivity index (χ1) is 11.3. The van der Waals surface area contributed by atoms with Gasteiger partial charge in [0.1, 0.15) is 5.82 Å². The van der Waals surface area contributed by atoms with Crippen molar-refractivity contribution in [2.24, 2.45) is 0 Å². The van der Waals surface area contributed by atoms with Crippen LogP contribution in [0.4, 0.5) is 10.3 Å². The van der Waals surface area contributed by atoms with Gasteiger partial charge in [-0.05, 0) is 36.3 Å². The van der Waals surface area contributed by atoms with E-state index in [0.29, 0.717) is 28.5 Å². The highest BCUT2D eigenvalue weighted by molar-refractivity contribution is 7.81. The van der Waals surface area contributed by atoms with Crippen molar-refractivity contribution in [1.29, 1.82) is 0 Å². The molecule has 0 atom stereocenters. The number of thiol groups is 1. The van der Waals surface area contributed by atoms with E-state index in [4.69, 9.17) is 5.11 Å². The SMILES string of the molecule is CC(C)c1nc(N(C)S)nc(-c2ccc(F)cc2)c1/C=C/C(=O)O. The van der Waals surface area contributed by atoms with Crippen molar-refractivity contribution in [1.82, 2.24) is 9.97 Å². The smallest absolute Gasteiger partial charge is 0.328 e. The molecule has 0 saturated heterocycles. The molecule has 0 radical (unpaired) electrons. The Labute approximate surface area is 145 Å². The maximum atomic E-state index is 13.2. The molecule has 1 aromatic heterocycles. The van der Waals surface area contributed by atoms with E-state index in [2.05, 4.69) is 22.8 Å². The predicted octanol–water partition coefficient (Wildman–Crippen LogP) is 3.78. The molecule has 0 unspecified atom stereocenters. The van der Waals surface area contributed by atoms with Gasteiger partial charge in [-0.25, -0.2) is 19.2 Å². The van der Waals surface area contributed by atoms with E-state index in [-0.39, 0.29) is 11.7 Å².